The summed E-state index contributed by atoms with van der Waals surface area (Å²) >= 11 is 5.89. The van der Waals surface area contributed by atoms with Crippen molar-refractivity contribution in [2.75, 3.05) is 0 Å². The van der Waals surface area contributed by atoms with Crippen molar-refractivity contribution in [2.45, 2.75) is 38.8 Å². The Balaban J connectivity index is 2.07. The molecule has 0 radical (unpaired) electrons. The van der Waals surface area contributed by atoms with Crippen LogP contribution in [0.15, 0.2) is 36.8 Å². The van der Waals surface area contributed by atoms with Crippen LogP contribution in [0.3, 0.4) is 0 Å². The molecule has 1 aromatic heterocycles. The summed E-state index contributed by atoms with van der Waals surface area (Å²) in [4.78, 5) is 4.28. The largest absolute Gasteiger partial charge is 0.334 e. The molecule has 0 saturated carbocycles. The van der Waals surface area contributed by atoms with Gasteiger partial charge in [0.05, 0.1) is 12.0 Å². The van der Waals surface area contributed by atoms with Gasteiger partial charge in [-0.25, -0.2) is 4.98 Å². The third-order valence-electron chi connectivity index (χ3n) is 3.45. The van der Waals surface area contributed by atoms with Crippen molar-refractivity contribution in [1.82, 2.24) is 9.55 Å². The van der Waals surface area contributed by atoms with Crippen LogP contribution < -0.4 is 5.73 Å². The van der Waals surface area contributed by atoms with Gasteiger partial charge in [-0.3, -0.25) is 0 Å². The molecule has 0 amide bonds. The smallest absolute Gasteiger partial charge is 0.0951 e. The first-order valence-corrected chi connectivity index (χ1v) is 6.99. The summed E-state index contributed by atoms with van der Waals surface area (Å²) in [5.74, 6) is 0. The van der Waals surface area contributed by atoms with Crippen LogP contribution in [0, 0.1) is 6.92 Å². The van der Waals surface area contributed by atoms with Crippen LogP contribution in [-0.4, -0.2) is 9.55 Å². The van der Waals surface area contributed by atoms with Crippen LogP contribution in [0.25, 0.3) is 0 Å². The predicted octanol–water partition coefficient (Wildman–Crippen LogP) is 3.89. The molecule has 1 aromatic carbocycles. The van der Waals surface area contributed by atoms with Gasteiger partial charge in [0.2, 0.25) is 0 Å². The second kappa shape index (κ2) is 6.22. The maximum Gasteiger partial charge on any atom is 0.0951 e. The highest BCUT2D eigenvalue weighted by molar-refractivity contribution is 6.30. The molecule has 3 nitrogen and oxygen atoms in total. The van der Waals surface area contributed by atoms with Gasteiger partial charge >= 0.3 is 0 Å². The number of imidazole rings is 1. The predicted molar refractivity (Wildman–Crippen MR) is 79.3 cm³/mol. The number of aryl methyl sites for hydroxylation is 1. The molecule has 0 aliphatic carbocycles. The van der Waals surface area contributed by atoms with Crippen molar-refractivity contribution >= 4 is 11.6 Å². The van der Waals surface area contributed by atoms with E-state index in [2.05, 4.69) is 22.7 Å². The zero-order valence-corrected chi connectivity index (χ0v) is 12.1. The maximum absolute atomic E-state index is 6.29. The SMILES string of the molecule is CCC(CC(N)c1ccc(Cl)cc1)n1cnc(C)c1. The second-order valence-corrected chi connectivity index (χ2v) is 5.35. The number of benzene rings is 1. The molecule has 4 heteroatoms. The van der Waals surface area contributed by atoms with Gasteiger partial charge in [0.25, 0.3) is 0 Å². The number of aromatic nitrogens is 2. The molecule has 1 heterocycles. The van der Waals surface area contributed by atoms with Gasteiger partial charge in [-0.05, 0) is 37.5 Å². The molecule has 2 N–H and O–H groups in total. The number of hydrogen-bond donors (Lipinski definition) is 1. The van der Waals surface area contributed by atoms with E-state index in [4.69, 9.17) is 17.3 Å². The van der Waals surface area contributed by atoms with Gasteiger partial charge in [-0.2, -0.15) is 0 Å². The summed E-state index contributed by atoms with van der Waals surface area (Å²) in [7, 11) is 0. The van der Waals surface area contributed by atoms with E-state index in [0.717, 1.165) is 29.1 Å². The van der Waals surface area contributed by atoms with Gasteiger partial charge in [0.1, 0.15) is 0 Å². The number of halogens is 1. The van der Waals surface area contributed by atoms with Crippen molar-refractivity contribution < 1.29 is 0 Å². The molecular weight excluding hydrogens is 258 g/mol. The highest BCUT2D eigenvalue weighted by Crippen LogP contribution is 2.25. The lowest BCUT2D eigenvalue weighted by Crippen LogP contribution is -2.17. The normalized spacial score (nSPS) is 14.3. The Morgan fingerprint density at radius 3 is 2.53 bits per heavy atom. The zero-order valence-electron chi connectivity index (χ0n) is 11.4. The van der Waals surface area contributed by atoms with E-state index in [-0.39, 0.29) is 6.04 Å². The summed E-state index contributed by atoms with van der Waals surface area (Å²) in [5, 5.41) is 0.744. The molecule has 2 unspecified atom stereocenters. The minimum atomic E-state index is 0.0184. The van der Waals surface area contributed by atoms with Gasteiger partial charge in [-0.15, -0.1) is 0 Å². The average Bonchev–Trinajstić information content (AvgIpc) is 2.83. The Morgan fingerprint density at radius 1 is 1.32 bits per heavy atom. The molecule has 19 heavy (non-hydrogen) atoms. The van der Waals surface area contributed by atoms with Crippen LogP contribution in [0.4, 0.5) is 0 Å². The van der Waals surface area contributed by atoms with E-state index in [1.165, 1.54) is 0 Å². The molecule has 0 bridgehead atoms. The first kappa shape index (κ1) is 14.1. The lowest BCUT2D eigenvalue weighted by atomic mass is 9.99. The van der Waals surface area contributed by atoms with Crippen LogP contribution in [-0.2, 0) is 0 Å². The standard InChI is InChI=1S/C15H20ClN3/c1-3-14(19-9-11(2)18-10-19)8-15(17)12-4-6-13(16)7-5-12/h4-7,9-10,14-15H,3,8,17H2,1-2H3. The molecule has 2 atom stereocenters. The molecule has 2 aromatic rings. The summed E-state index contributed by atoms with van der Waals surface area (Å²) in [5.41, 5.74) is 8.45. The van der Waals surface area contributed by atoms with Crippen molar-refractivity contribution in [3.8, 4) is 0 Å². The monoisotopic (exact) mass is 277 g/mol. The minimum absolute atomic E-state index is 0.0184. The lowest BCUT2D eigenvalue weighted by molar-refractivity contribution is 0.414. The third kappa shape index (κ3) is 3.58. The maximum atomic E-state index is 6.29. The fourth-order valence-corrected chi connectivity index (χ4v) is 2.40. The first-order chi connectivity index (χ1) is 9.10. The van der Waals surface area contributed by atoms with Crippen LogP contribution >= 0.6 is 11.6 Å². The number of hydrogen-bond acceptors (Lipinski definition) is 2. The Bertz CT molecular complexity index is 518. The second-order valence-electron chi connectivity index (χ2n) is 4.92. The van der Waals surface area contributed by atoms with E-state index in [9.17, 15) is 0 Å². The highest BCUT2D eigenvalue weighted by atomic mass is 35.5. The van der Waals surface area contributed by atoms with Crippen molar-refractivity contribution in [3.63, 3.8) is 0 Å². The first-order valence-electron chi connectivity index (χ1n) is 6.61. The van der Waals surface area contributed by atoms with E-state index < -0.39 is 0 Å². The molecule has 0 aliphatic heterocycles. The summed E-state index contributed by atoms with van der Waals surface area (Å²) in [6.07, 6.45) is 5.89. The number of nitrogens with two attached hydrogens (primary N) is 1. The Kier molecular flexibility index (Phi) is 4.61. The van der Waals surface area contributed by atoms with E-state index in [0.29, 0.717) is 6.04 Å². The molecular formula is C15H20ClN3. The molecule has 0 saturated heterocycles. The van der Waals surface area contributed by atoms with Crippen molar-refractivity contribution in [3.05, 3.63) is 53.1 Å². The Hall–Kier alpha value is -1.32. The minimum Gasteiger partial charge on any atom is -0.334 e. The Morgan fingerprint density at radius 2 is 2.00 bits per heavy atom. The van der Waals surface area contributed by atoms with Gasteiger partial charge in [0, 0.05) is 23.3 Å². The molecule has 2 rings (SSSR count). The molecule has 0 fully saturated rings. The van der Waals surface area contributed by atoms with Gasteiger partial charge in [0.15, 0.2) is 0 Å². The summed E-state index contributed by atoms with van der Waals surface area (Å²) in [6, 6.07) is 8.17. The molecule has 102 valence electrons. The summed E-state index contributed by atoms with van der Waals surface area (Å²) in [6.45, 7) is 4.18. The van der Waals surface area contributed by atoms with Crippen molar-refractivity contribution in [1.29, 1.82) is 0 Å². The van der Waals surface area contributed by atoms with Gasteiger partial charge in [-0.1, -0.05) is 30.7 Å². The van der Waals surface area contributed by atoms with E-state index in [1.54, 1.807) is 0 Å². The third-order valence-corrected chi connectivity index (χ3v) is 3.70. The zero-order chi connectivity index (χ0) is 13.8. The Labute approximate surface area is 119 Å². The fraction of sp³-hybridized carbons (Fsp3) is 0.400. The van der Waals surface area contributed by atoms with Crippen LogP contribution in [0.5, 0.6) is 0 Å². The molecule has 0 aliphatic rings. The van der Waals surface area contributed by atoms with E-state index in [1.807, 2.05) is 37.5 Å². The quantitative estimate of drug-likeness (QED) is 0.901. The number of rotatable bonds is 5. The lowest BCUT2D eigenvalue weighted by Gasteiger charge is -2.21. The molecule has 0 spiro atoms. The van der Waals surface area contributed by atoms with Crippen LogP contribution in [0.1, 0.15) is 43.1 Å². The fourth-order valence-electron chi connectivity index (χ4n) is 2.28. The summed E-state index contributed by atoms with van der Waals surface area (Å²) < 4.78 is 2.16. The number of nitrogens with zero attached hydrogens (tertiary/aromatic N) is 2. The van der Waals surface area contributed by atoms with E-state index >= 15 is 0 Å². The average molecular weight is 278 g/mol. The van der Waals surface area contributed by atoms with Crippen molar-refractivity contribution in [2.24, 2.45) is 5.73 Å². The van der Waals surface area contributed by atoms with Gasteiger partial charge < -0.3 is 10.3 Å². The topological polar surface area (TPSA) is 43.8 Å². The highest BCUT2D eigenvalue weighted by Gasteiger charge is 2.15. The van der Waals surface area contributed by atoms with Crippen LogP contribution in [0.2, 0.25) is 5.02 Å².